The van der Waals surface area contributed by atoms with Gasteiger partial charge in [-0.1, -0.05) is 0 Å². The van der Waals surface area contributed by atoms with Gasteiger partial charge in [0.2, 0.25) is 0 Å². The standard InChI is InChI=1S/C10H19N5O/c1-14-5-6-16-9(7-14)10(13-11)8-3-4-12-15(8)2/h3-4,9-10,13H,5-7,11H2,1-2H3. The van der Waals surface area contributed by atoms with Crippen molar-refractivity contribution in [2.24, 2.45) is 12.9 Å². The number of morpholine rings is 1. The molecule has 0 amide bonds. The molecule has 0 aromatic carbocycles. The summed E-state index contributed by atoms with van der Waals surface area (Å²) in [6.45, 7) is 2.59. The number of likely N-dealkylation sites (N-methyl/N-ethyl adjacent to an activating group) is 1. The molecule has 2 heterocycles. The molecule has 1 saturated heterocycles. The lowest BCUT2D eigenvalue weighted by atomic mass is 10.1. The fourth-order valence-corrected chi connectivity index (χ4v) is 2.09. The highest BCUT2D eigenvalue weighted by Gasteiger charge is 2.28. The molecule has 0 radical (unpaired) electrons. The van der Waals surface area contributed by atoms with E-state index in [9.17, 15) is 0 Å². The predicted molar refractivity (Wildman–Crippen MR) is 60.5 cm³/mol. The third-order valence-corrected chi connectivity index (χ3v) is 3.03. The molecular formula is C10H19N5O. The second-order valence-electron chi connectivity index (χ2n) is 4.20. The molecule has 1 fully saturated rings. The molecule has 0 spiro atoms. The summed E-state index contributed by atoms with van der Waals surface area (Å²) in [5.41, 5.74) is 3.87. The van der Waals surface area contributed by atoms with Crippen LogP contribution in [0.25, 0.3) is 0 Å². The minimum atomic E-state index is -0.0183. The molecule has 2 rings (SSSR count). The monoisotopic (exact) mass is 225 g/mol. The minimum Gasteiger partial charge on any atom is -0.373 e. The molecule has 0 aliphatic carbocycles. The van der Waals surface area contributed by atoms with E-state index in [1.54, 1.807) is 6.20 Å². The smallest absolute Gasteiger partial charge is 0.0924 e. The number of aromatic nitrogens is 2. The van der Waals surface area contributed by atoms with Crippen molar-refractivity contribution in [3.8, 4) is 0 Å². The van der Waals surface area contributed by atoms with Crippen molar-refractivity contribution in [1.29, 1.82) is 0 Å². The molecule has 1 aromatic heterocycles. The van der Waals surface area contributed by atoms with E-state index in [-0.39, 0.29) is 12.1 Å². The first-order valence-corrected chi connectivity index (χ1v) is 5.46. The van der Waals surface area contributed by atoms with Gasteiger partial charge in [-0.3, -0.25) is 10.5 Å². The molecule has 90 valence electrons. The number of hydrogen-bond acceptors (Lipinski definition) is 5. The maximum atomic E-state index is 5.75. The molecule has 0 saturated carbocycles. The van der Waals surface area contributed by atoms with Crippen LogP contribution >= 0.6 is 0 Å². The van der Waals surface area contributed by atoms with Crippen LogP contribution in [0.3, 0.4) is 0 Å². The van der Waals surface area contributed by atoms with Crippen LogP contribution in [0.5, 0.6) is 0 Å². The molecule has 2 atom stereocenters. The third kappa shape index (κ3) is 2.25. The van der Waals surface area contributed by atoms with Crippen LogP contribution < -0.4 is 11.3 Å². The summed E-state index contributed by atoms with van der Waals surface area (Å²) in [6, 6.07) is 1.94. The largest absolute Gasteiger partial charge is 0.373 e. The molecular weight excluding hydrogens is 206 g/mol. The van der Waals surface area contributed by atoms with Crippen LogP contribution in [0.15, 0.2) is 12.3 Å². The zero-order valence-corrected chi connectivity index (χ0v) is 9.76. The first-order chi connectivity index (χ1) is 7.72. The summed E-state index contributed by atoms with van der Waals surface area (Å²) in [5, 5.41) is 4.15. The van der Waals surface area contributed by atoms with E-state index in [0.717, 1.165) is 25.4 Å². The van der Waals surface area contributed by atoms with Gasteiger partial charge in [-0.25, -0.2) is 5.43 Å². The van der Waals surface area contributed by atoms with Gasteiger partial charge in [-0.15, -0.1) is 0 Å². The van der Waals surface area contributed by atoms with Crippen LogP contribution in [-0.2, 0) is 11.8 Å². The van der Waals surface area contributed by atoms with E-state index in [4.69, 9.17) is 10.6 Å². The van der Waals surface area contributed by atoms with Crippen molar-refractivity contribution >= 4 is 0 Å². The van der Waals surface area contributed by atoms with Crippen molar-refractivity contribution in [3.63, 3.8) is 0 Å². The number of aryl methyl sites for hydroxylation is 1. The van der Waals surface area contributed by atoms with Crippen molar-refractivity contribution in [2.45, 2.75) is 12.1 Å². The van der Waals surface area contributed by atoms with Crippen molar-refractivity contribution in [1.82, 2.24) is 20.1 Å². The molecule has 6 heteroatoms. The SMILES string of the molecule is CN1CCOC(C(NN)c2ccnn2C)C1. The van der Waals surface area contributed by atoms with Gasteiger partial charge < -0.3 is 9.64 Å². The average molecular weight is 225 g/mol. The summed E-state index contributed by atoms with van der Waals surface area (Å²) < 4.78 is 7.58. The minimum absolute atomic E-state index is 0.0183. The highest BCUT2D eigenvalue weighted by Crippen LogP contribution is 2.20. The molecule has 2 unspecified atom stereocenters. The lowest BCUT2D eigenvalue weighted by Gasteiger charge is -2.34. The predicted octanol–water partition coefficient (Wildman–Crippen LogP) is -0.745. The summed E-state index contributed by atoms with van der Waals surface area (Å²) in [5.74, 6) is 5.62. The first kappa shape index (κ1) is 11.5. The number of nitrogens with zero attached hydrogens (tertiary/aromatic N) is 3. The Bertz CT molecular complexity index is 340. The molecule has 3 N–H and O–H groups in total. The fourth-order valence-electron chi connectivity index (χ4n) is 2.09. The van der Waals surface area contributed by atoms with Gasteiger partial charge in [0.05, 0.1) is 24.4 Å². The average Bonchev–Trinajstić information content (AvgIpc) is 2.67. The van der Waals surface area contributed by atoms with Gasteiger partial charge in [0, 0.05) is 26.3 Å². The summed E-state index contributed by atoms with van der Waals surface area (Å²) >= 11 is 0. The summed E-state index contributed by atoms with van der Waals surface area (Å²) in [4.78, 5) is 2.24. The zero-order chi connectivity index (χ0) is 11.5. The van der Waals surface area contributed by atoms with Gasteiger partial charge in [0.15, 0.2) is 0 Å². The number of rotatable bonds is 3. The molecule has 1 aromatic rings. The second-order valence-corrected chi connectivity index (χ2v) is 4.20. The van der Waals surface area contributed by atoms with Gasteiger partial charge >= 0.3 is 0 Å². The van der Waals surface area contributed by atoms with Gasteiger partial charge in [-0.05, 0) is 13.1 Å². The Morgan fingerprint density at radius 3 is 3.00 bits per heavy atom. The number of hydrazine groups is 1. The van der Waals surface area contributed by atoms with Crippen LogP contribution in [0.1, 0.15) is 11.7 Å². The Hall–Kier alpha value is -0.950. The summed E-state index contributed by atoms with van der Waals surface area (Å²) in [6.07, 6.45) is 1.84. The Labute approximate surface area is 95.3 Å². The van der Waals surface area contributed by atoms with Crippen LogP contribution in [0.2, 0.25) is 0 Å². The van der Waals surface area contributed by atoms with Crippen LogP contribution in [0.4, 0.5) is 0 Å². The van der Waals surface area contributed by atoms with E-state index in [1.165, 1.54) is 0 Å². The second kappa shape index (κ2) is 4.92. The maximum absolute atomic E-state index is 5.75. The van der Waals surface area contributed by atoms with Gasteiger partial charge in [-0.2, -0.15) is 5.10 Å². The van der Waals surface area contributed by atoms with E-state index in [1.807, 2.05) is 17.8 Å². The molecule has 1 aliphatic heterocycles. The lowest BCUT2D eigenvalue weighted by Crippen LogP contribution is -2.48. The van der Waals surface area contributed by atoms with E-state index < -0.39 is 0 Å². The Balaban J connectivity index is 2.13. The highest BCUT2D eigenvalue weighted by molar-refractivity contribution is 5.09. The van der Waals surface area contributed by atoms with Crippen LogP contribution in [0, 0.1) is 0 Å². The fraction of sp³-hybridized carbons (Fsp3) is 0.700. The van der Waals surface area contributed by atoms with Crippen molar-refractivity contribution < 1.29 is 4.74 Å². The first-order valence-electron chi connectivity index (χ1n) is 5.46. The normalized spacial score (nSPS) is 24.6. The number of hydrogen-bond donors (Lipinski definition) is 2. The van der Waals surface area contributed by atoms with Crippen molar-refractivity contribution in [2.75, 3.05) is 26.7 Å². The lowest BCUT2D eigenvalue weighted by molar-refractivity contribution is -0.0406. The number of nitrogens with two attached hydrogens (primary N) is 1. The zero-order valence-electron chi connectivity index (χ0n) is 9.76. The number of ether oxygens (including phenoxy) is 1. The Kier molecular flexibility index (Phi) is 3.55. The molecule has 1 aliphatic rings. The Morgan fingerprint density at radius 1 is 1.62 bits per heavy atom. The molecule has 0 bridgehead atoms. The highest BCUT2D eigenvalue weighted by atomic mass is 16.5. The van der Waals surface area contributed by atoms with E-state index in [0.29, 0.717) is 0 Å². The van der Waals surface area contributed by atoms with E-state index >= 15 is 0 Å². The molecule has 16 heavy (non-hydrogen) atoms. The third-order valence-electron chi connectivity index (χ3n) is 3.03. The quantitative estimate of drug-likeness (QED) is 0.523. The molecule has 6 nitrogen and oxygen atoms in total. The number of nitrogens with one attached hydrogen (secondary N) is 1. The van der Waals surface area contributed by atoms with E-state index in [2.05, 4.69) is 22.5 Å². The Morgan fingerprint density at radius 2 is 2.44 bits per heavy atom. The topological polar surface area (TPSA) is 68.3 Å². The van der Waals surface area contributed by atoms with Crippen LogP contribution in [-0.4, -0.2) is 47.5 Å². The van der Waals surface area contributed by atoms with Gasteiger partial charge in [0.25, 0.3) is 0 Å². The van der Waals surface area contributed by atoms with Gasteiger partial charge in [0.1, 0.15) is 0 Å². The van der Waals surface area contributed by atoms with Crippen molar-refractivity contribution in [3.05, 3.63) is 18.0 Å². The maximum Gasteiger partial charge on any atom is 0.0924 e. The summed E-state index contributed by atoms with van der Waals surface area (Å²) in [7, 11) is 4.00.